The predicted octanol–water partition coefficient (Wildman–Crippen LogP) is 7.61. The van der Waals surface area contributed by atoms with E-state index in [-0.39, 0.29) is 27.7 Å². The van der Waals surface area contributed by atoms with Gasteiger partial charge in [0.15, 0.2) is 17.3 Å². The molecule has 2 heterocycles. The third-order valence-electron chi connectivity index (χ3n) is 6.40. The number of alkyl halides is 3. The van der Waals surface area contributed by atoms with Gasteiger partial charge in [0, 0.05) is 22.4 Å². The Morgan fingerprint density at radius 1 is 1.05 bits per heavy atom. The summed E-state index contributed by atoms with van der Waals surface area (Å²) < 4.78 is 57.8. The normalized spacial score (nSPS) is 12.6. The SMILES string of the molecule is COc1ccc(/C=C/C(=O)c2ccc3c(c2)OCCO3)cc1CSc1nc(C(F)(F)F)cc(-c2ccccc2)c1C#N. The van der Waals surface area contributed by atoms with Gasteiger partial charge in [0.05, 0.1) is 12.7 Å². The number of pyridine rings is 1. The van der Waals surface area contributed by atoms with Gasteiger partial charge in [-0.1, -0.05) is 42.5 Å². The molecular weight excluding hydrogens is 565 g/mol. The Kier molecular flexibility index (Phi) is 8.50. The zero-order valence-electron chi connectivity index (χ0n) is 22.3. The fraction of sp³-hybridized carbons (Fsp3) is 0.156. The molecule has 1 aromatic heterocycles. The molecule has 3 aromatic carbocycles. The number of nitrogens with zero attached hydrogens (tertiary/aromatic N) is 2. The third-order valence-corrected chi connectivity index (χ3v) is 7.42. The maximum atomic E-state index is 13.8. The highest BCUT2D eigenvalue weighted by atomic mass is 32.2. The van der Waals surface area contributed by atoms with E-state index in [4.69, 9.17) is 14.2 Å². The van der Waals surface area contributed by atoms with Crippen molar-refractivity contribution in [2.24, 2.45) is 0 Å². The molecule has 0 saturated carbocycles. The maximum Gasteiger partial charge on any atom is 0.433 e. The molecule has 0 atom stereocenters. The van der Waals surface area contributed by atoms with Crippen LogP contribution in [0.1, 0.15) is 32.7 Å². The number of halogens is 3. The van der Waals surface area contributed by atoms with E-state index in [1.54, 1.807) is 72.8 Å². The molecule has 0 radical (unpaired) electrons. The van der Waals surface area contributed by atoms with Crippen LogP contribution in [0.4, 0.5) is 13.2 Å². The van der Waals surface area contributed by atoms with E-state index in [9.17, 15) is 23.2 Å². The van der Waals surface area contributed by atoms with Gasteiger partial charge in [0.25, 0.3) is 0 Å². The van der Waals surface area contributed by atoms with Gasteiger partial charge in [-0.25, -0.2) is 4.98 Å². The van der Waals surface area contributed by atoms with Gasteiger partial charge in [-0.15, -0.1) is 11.8 Å². The average Bonchev–Trinajstić information content (AvgIpc) is 3.01. The Hall–Kier alpha value is -4.75. The van der Waals surface area contributed by atoms with Crippen LogP contribution in [0.25, 0.3) is 17.2 Å². The van der Waals surface area contributed by atoms with Gasteiger partial charge in [0.2, 0.25) is 0 Å². The second-order valence-electron chi connectivity index (χ2n) is 9.13. The first-order valence-electron chi connectivity index (χ1n) is 12.8. The van der Waals surface area contributed by atoms with Gasteiger partial charge >= 0.3 is 6.18 Å². The van der Waals surface area contributed by atoms with Crippen LogP contribution < -0.4 is 14.2 Å². The van der Waals surface area contributed by atoms with Crippen molar-refractivity contribution in [3.63, 3.8) is 0 Å². The Balaban J connectivity index is 1.41. The Morgan fingerprint density at radius 3 is 2.52 bits per heavy atom. The summed E-state index contributed by atoms with van der Waals surface area (Å²) in [7, 11) is 1.49. The van der Waals surface area contributed by atoms with Crippen molar-refractivity contribution >= 4 is 23.6 Å². The number of ether oxygens (including phenoxy) is 3. The van der Waals surface area contributed by atoms with Crippen LogP contribution in [-0.4, -0.2) is 31.1 Å². The molecular formula is C32H23F3N2O4S. The molecule has 0 bridgehead atoms. The number of carbonyl (C=O) groups is 1. The fourth-order valence-electron chi connectivity index (χ4n) is 4.35. The maximum absolute atomic E-state index is 13.8. The lowest BCUT2D eigenvalue weighted by atomic mass is 10.0. The molecule has 212 valence electrons. The standard InChI is InChI=1S/C32H23F3N2O4S/c1-39-27-11-8-20(7-10-26(38)22-9-12-28-29(16-22)41-14-13-40-28)15-23(27)19-42-31-25(18-36)24(21-5-3-2-4-6-21)17-30(37-31)32(33,34)35/h2-12,15-17H,13-14,19H2,1H3/b10-7+. The summed E-state index contributed by atoms with van der Waals surface area (Å²) in [5.74, 6) is 1.54. The number of allylic oxidation sites excluding steroid dienone is 1. The first-order chi connectivity index (χ1) is 20.3. The van der Waals surface area contributed by atoms with Crippen molar-refractivity contribution in [2.75, 3.05) is 20.3 Å². The molecule has 0 fully saturated rings. The molecule has 0 amide bonds. The highest BCUT2D eigenvalue weighted by Gasteiger charge is 2.34. The smallest absolute Gasteiger partial charge is 0.433 e. The molecule has 0 spiro atoms. The molecule has 10 heteroatoms. The van der Waals surface area contributed by atoms with E-state index >= 15 is 0 Å². The number of thioether (sulfide) groups is 1. The molecule has 0 aliphatic carbocycles. The Labute approximate surface area is 244 Å². The van der Waals surface area contributed by atoms with Gasteiger partial charge in [-0.05, 0) is 53.6 Å². The van der Waals surface area contributed by atoms with E-state index < -0.39 is 11.9 Å². The fourth-order valence-corrected chi connectivity index (χ4v) is 5.33. The van der Waals surface area contributed by atoms with Crippen LogP contribution in [0.5, 0.6) is 17.2 Å². The molecule has 42 heavy (non-hydrogen) atoms. The molecule has 1 aliphatic rings. The van der Waals surface area contributed by atoms with Crippen LogP contribution in [0.2, 0.25) is 0 Å². The molecule has 0 N–H and O–H groups in total. The van der Waals surface area contributed by atoms with Crippen LogP contribution in [0.3, 0.4) is 0 Å². The summed E-state index contributed by atoms with van der Waals surface area (Å²) in [6.45, 7) is 0.862. The van der Waals surface area contributed by atoms with E-state index in [0.717, 1.165) is 17.8 Å². The minimum Gasteiger partial charge on any atom is -0.496 e. The lowest BCUT2D eigenvalue weighted by Crippen LogP contribution is -2.15. The number of nitriles is 1. The minimum absolute atomic E-state index is 0.0389. The van der Waals surface area contributed by atoms with Gasteiger partial charge < -0.3 is 14.2 Å². The summed E-state index contributed by atoms with van der Waals surface area (Å²) in [4.78, 5) is 16.6. The topological polar surface area (TPSA) is 81.4 Å². The number of benzene rings is 3. The summed E-state index contributed by atoms with van der Waals surface area (Å²) in [5, 5.41) is 9.87. The van der Waals surface area contributed by atoms with Crippen molar-refractivity contribution in [1.82, 2.24) is 4.98 Å². The predicted molar refractivity (Wildman–Crippen MR) is 153 cm³/mol. The molecule has 6 nitrogen and oxygen atoms in total. The lowest BCUT2D eigenvalue weighted by Gasteiger charge is -2.18. The number of aromatic nitrogens is 1. The molecule has 1 aliphatic heterocycles. The first-order valence-corrected chi connectivity index (χ1v) is 13.7. The van der Waals surface area contributed by atoms with E-state index in [2.05, 4.69) is 4.98 Å². The van der Waals surface area contributed by atoms with E-state index in [1.165, 1.54) is 13.2 Å². The number of carbonyl (C=O) groups excluding carboxylic acids is 1. The van der Waals surface area contributed by atoms with Gasteiger partial charge in [-0.2, -0.15) is 18.4 Å². The lowest BCUT2D eigenvalue weighted by molar-refractivity contribution is -0.141. The minimum atomic E-state index is -4.70. The van der Waals surface area contributed by atoms with Crippen LogP contribution in [0, 0.1) is 11.3 Å². The van der Waals surface area contributed by atoms with Crippen molar-refractivity contribution in [3.05, 3.63) is 107 Å². The molecule has 5 rings (SSSR count). The van der Waals surface area contributed by atoms with E-state index in [0.29, 0.717) is 52.7 Å². The molecule has 4 aromatic rings. The summed E-state index contributed by atoms with van der Waals surface area (Å²) >= 11 is 1.01. The highest BCUT2D eigenvalue weighted by Crippen LogP contribution is 2.38. The van der Waals surface area contributed by atoms with Crippen LogP contribution in [-0.2, 0) is 11.9 Å². The van der Waals surface area contributed by atoms with Crippen molar-refractivity contribution in [1.29, 1.82) is 5.26 Å². The first kappa shape index (κ1) is 28.8. The number of fused-ring (bicyclic) bond motifs is 1. The molecule has 0 unspecified atom stereocenters. The summed E-state index contributed by atoms with van der Waals surface area (Å²) in [6, 6.07) is 21.6. The van der Waals surface area contributed by atoms with Crippen LogP contribution >= 0.6 is 11.8 Å². The average molecular weight is 589 g/mol. The number of ketones is 1. The van der Waals surface area contributed by atoms with Crippen molar-refractivity contribution in [3.8, 4) is 34.4 Å². The number of hydrogen-bond donors (Lipinski definition) is 0. The second-order valence-corrected chi connectivity index (χ2v) is 10.1. The van der Waals surface area contributed by atoms with Gasteiger partial charge in [0.1, 0.15) is 35.8 Å². The number of rotatable bonds is 8. The largest absolute Gasteiger partial charge is 0.496 e. The quantitative estimate of drug-likeness (QED) is 0.119. The van der Waals surface area contributed by atoms with Crippen LogP contribution in [0.15, 0.2) is 83.9 Å². The summed E-state index contributed by atoms with van der Waals surface area (Å²) in [5.41, 5.74) is 1.39. The monoisotopic (exact) mass is 588 g/mol. The molecule has 0 saturated heterocycles. The van der Waals surface area contributed by atoms with Crippen molar-refractivity contribution in [2.45, 2.75) is 17.0 Å². The summed E-state index contributed by atoms with van der Waals surface area (Å²) in [6.07, 6.45) is -1.62. The Bertz CT molecular complexity index is 1700. The zero-order chi connectivity index (χ0) is 29.7. The number of hydrogen-bond acceptors (Lipinski definition) is 7. The highest BCUT2D eigenvalue weighted by molar-refractivity contribution is 7.98. The van der Waals surface area contributed by atoms with Crippen molar-refractivity contribution < 1.29 is 32.2 Å². The van der Waals surface area contributed by atoms with E-state index in [1.807, 2.05) is 6.07 Å². The third kappa shape index (κ3) is 6.42. The second kappa shape index (κ2) is 12.4. The van der Waals surface area contributed by atoms with Gasteiger partial charge in [-0.3, -0.25) is 4.79 Å². The zero-order valence-corrected chi connectivity index (χ0v) is 23.1. The number of methoxy groups -OCH3 is 1. The Morgan fingerprint density at radius 2 is 1.81 bits per heavy atom.